The van der Waals surface area contributed by atoms with Crippen LogP contribution in [0.15, 0.2) is 0 Å². The van der Waals surface area contributed by atoms with Crippen molar-refractivity contribution >= 4 is 39.5 Å². The summed E-state index contributed by atoms with van der Waals surface area (Å²) in [6.07, 6.45) is 58.3. The van der Waals surface area contributed by atoms with E-state index in [1.807, 2.05) is 0 Å². The monoisotopic (exact) mass is 1450 g/mol. The van der Waals surface area contributed by atoms with Crippen LogP contribution in [0.4, 0.5) is 0 Å². The van der Waals surface area contributed by atoms with Crippen molar-refractivity contribution in [2.75, 3.05) is 39.6 Å². The molecule has 588 valence electrons. The maximum atomic E-state index is 13.1. The first-order valence-corrected chi connectivity index (χ1v) is 44.3. The Morgan fingerprint density at radius 1 is 0.273 bits per heavy atom. The standard InChI is InChI=1S/C80H156O17P2/c1-8-9-10-11-12-13-33-40-47-54-61-77(82)90-67-75(97-80(85)64-57-50-43-36-29-23-26-32-39-46-53-60-73(6)7)69-94-98(86,87)92-65-74(81)66-93-99(88,89)95-70-76(68-91-78(83)62-55-48-41-34-28-22-25-31-38-45-52-59-72(4)5)96-79(84)63-56-49-42-35-27-21-19-17-15-14-16-18-20-24-30-37-44-51-58-71(2)3/h71-76,81H,8-70H2,1-7H3,(H,86,87)(H,88,89)/t74-,75+,76+/m0/s1. The second kappa shape index (κ2) is 70.4. The lowest BCUT2D eigenvalue weighted by Crippen LogP contribution is -2.30. The first-order valence-electron chi connectivity index (χ1n) is 41.3. The van der Waals surface area contributed by atoms with E-state index in [0.29, 0.717) is 25.7 Å². The molecule has 19 heteroatoms. The van der Waals surface area contributed by atoms with Gasteiger partial charge >= 0.3 is 39.5 Å². The highest BCUT2D eigenvalue weighted by Gasteiger charge is 2.30. The van der Waals surface area contributed by atoms with Crippen molar-refractivity contribution in [3.8, 4) is 0 Å². The van der Waals surface area contributed by atoms with Crippen molar-refractivity contribution in [1.82, 2.24) is 0 Å². The zero-order valence-electron chi connectivity index (χ0n) is 65.0. The molecule has 0 aliphatic carbocycles. The summed E-state index contributed by atoms with van der Waals surface area (Å²) in [7, 11) is -9.92. The summed E-state index contributed by atoms with van der Waals surface area (Å²) in [6.45, 7) is 12.0. The zero-order valence-corrected chi connectivity index (χ0v) is 66.8. The van der Waals surface area contributed by atoms with Crippen LogP contribution < -0.4 is 0 Å². The molecule has 0 radical (unpaired) electrons. The number of ether oxygens (including phenoxy) is 4. The third-order valence-corrected chi connectivity index (χ3v) is 20.5. The van der Waals surface area contributed by atoms with Gasteiger partial charge in [-0.2, -0.15) is 0 Å². The molecule has 5 atom stereocenters. The van der Waals surface area contributed by atoms with Crippen LogP contribution in [0.25, 0.3) is 0 Å². The molecule has 0 aromatic rings. The van der Waals surface area contributed by atoms with E-state index >= 15 is 0 Å². The molecule has 0 fully saturated rings. The fraction of sp³-hybridized carbons (Fsp3) is 0.950. The highest BCUT2D eigenvalue weighted by Crippen LogP contribution is 2.45. The Labute approximate surface area is 607 Å². The van der Waals surface area contributed by atoms with E-state index in [-0.39, 0.29) is 25.7 Å². The van der Waals surface area contributed by atoms with Crippen molar-refractivity contribution in [2.45, 2.75) is 433 Å². The molecule has 0 rings (SSSR count). The topological polar surface area (TPSA) is 237 Å². The van der Waals surface area contributed by atoms with Gasteiger partial charge in [0.15, 0.2) is 12.2 Å². The predicted molar refractivity (Wildman–Crippen MR) is 405 cm³/mol. The van der Waals surface area contributed by atoms with Crippen molar-refractivity contribution in [3.63, 3.8) is 0 Å². The van der Waals surface area contributed by atoms with Crippen molar-refractivity contribution < 1.29 is 80.2 Å². The molecule has 0 amide bonds. The van der Waals surface area contributed by atoms with Gasteiger partial charge < -0.3 is 33.8 Å². The van der Waals surface area contributed by atoms with Gasteiger partial charge in [-0.05, 0) is 43.4 Å². The number of hydrogen-bond acceptors (Lipinski definition) is 15. The lowest BCUT2D eigenvalue weighted by atomic mass is 10.0. The van der Waals surface area contributed by atoms with Crippen LogP contribution >= 0.6 is 15.6 Å². The highest BCUT2D eigenvalue weighted by molar-refractivity contribution is 7.47. The van der Waals surface area contributed by atoms with Gasteiger partial charge in [-0.1, -0.05) is 363 Å². The largest absolute Gasteiger partial charge is 0.472 e. The molecule has 3 N–H and O–H groups in total. The third kappa shape index (κ3) is 74.1. The first-order chi connectivity index (χ1) is 47.7. The quantitative estimate of drug-likeness (QED) is 0.0222. The van der Waals surface area contributed by atoms with E-state index in [9.17, 15) is 43.2 Å². The SMILES string of the molecule is CCCCCCCCCCCCC(=O)OC[C@H](COP(=O)(O)OC[C@H](O)COP(=O)(O)OC[C@@H](COC(=O)CCCCCCCCCCCCCC(C)C)OC(=O)CCCCCCCCCCCCCCCCCCCCC(C)C)OC(=O)CCCCCCCCCCCCCC(C)C. The van der Waals surface area contributed by atoms with Gasteiger partial charge in [0, 0.05) is 25.7 Å². The van der Waals surface area contributed by atoms with E-state index in [0.717, 1.165) is 108 Å². The number of aliphatic hydroxyl groups is 1. The van der Waals surface area contributed by atoms with Crippen molar-refractivity contribution in [1.29, 1.82) is 0 Å². The Hall–Kier alpha value is -1.94. The summed E-state index contributed by atoms with van der Waals surface area (Å²) < 4.78 is 68.7. The number of rotatable bonds is 78. The molecule has 0 aromatic carbocycles. The van der Waals surface area contributed by atoms with Crippen molar-refractivity contribution in [2.24, 2.45) is 17.8 Å². The average molecular weight is 1450 g/mol. The number of esters is 4. The maximum absolute atomic E-state index is 13.1. The molecule has 99 heavy (non-hydrogen) atoms. The van der Waals surface area contributed by atoms with Crippen LogP contribution in [0.2, 0.25) is 0 Å². The van der Waals surface area contributed by atoms with Crippen molar-refractivity contribution in [3.05, 3.63) is 0 Å². The third-order valence-electron chi connectivity index (χ3n) is 18.6. The summed E-state index contributed by atoms with van der Waals surface area (Å²) in [5, 5.41) is 10.6. The Balaban J connectivity index is 5.22. The minimum atomic E-state index is -4.96. The number of carbonyl (C=O) groups is 4. The molecular formula is C80H156O17P2. The maximum Gasteiger partial charge on any atom is 0.472 e. The van der Waals surface area contributed by atoms with Gasteiger partial charge in [0.05, 0.1) is 26.4 Å². The van der Waals surface area contributed by atoms with Gasteiger partial charge in [-0.15, -0.1) is 0 Å². The molecule has 0 aromatic heterocycles. The molecule has 0 aliphatic rings. The van der Waals surface area contributed by atoms with Gasteiger partial charge in [-0.3, -0.25) is 37.3 Å². The molecule has 0 spiro atoms. The van der Waals surface area contributed by atoms with Crippen LogP contribution in [0, 0.1) is 17.8 Å². The molecule has 0 saturated heterocycles. The minimum Gasteiger partial charge on any atom is -0.462 e. The average Bonchev–Trinajstić information content (AvgIpc) is 1.03. The molecule has 2 unspecified atom stereocenters. The summed E-state index contributed by atoms with van der Waals surface area (Å²) in [4.78, 5) is 72.9. The Kier molecular flexibility index (Phi) is 69.0. The molecular weight excluding hydrogens is 1290 g/mol. The summed E-state index contributed by atoms with van der Waals surface area (Å²) in [5.41, 5.74) is 0. The van der Waals surface area contributed by atoms with E-state index in [4.69, 9.17) is 37.0 Å². The van der Waals surface area contributed by atoms with E-state index in [1.165, 1.54) is 225 Å². The summed E-state index contributed by atoms with van der Waals surface area (Å²) in [6, 6.07) is 0. The number of phosphoric ester groups is 2. The normalized spacial score (nSPS) is 14.0. The molecule has 17 nitrogen and oxygen atoms in total. The second-order valence-electron chi connectivity index (χ2n) is 30.2. The van der Waals surface area contributed by atoms with Crippen LogP contribution in [0.1, 0.15) is 414 Å². The minimum absolute atomic E-state index is 0.107. The van der Waals surface area contributed by atoms with E-state index < -0.39 is 97.5 Å². The Morgan fingerprint density at radius 2 is 0.465 bits per heavy atom. The molecule has 0 heterocycles. The predicted octanol–water partition coefficient (Wildman–Crippen LogP) is 23.7. The summed E-state index contributed by atoms with van der Waals surface area (Å²) >= 11 is 0. The number of aliphatic hydroxyl groups excluding tert-OH is 1. The zero-order chi connectivity index (χ0) is 73.0. The van der Waals surface area contributed by atoms with Gasteiger partial charge in [0.25, 0.3) is 0 Å². The Morgan fingerprint density at radius 3 is 0.687 bits per heavy atom. The second-order valence-corrected chi connectivity index (χ2v) is 33.1. The van der Waals surface area contributed by atoms with Crippen LogP contribution in [0.3, 0.4) is 0 Å². The highest BCUT2D eigenvalue weighted by atomic mass is 31.2. The number of unbranched alkanes of at least 4 members (excludes halogenated alkanes) is 46. The van der Waals surface area contributed by atoms with E-state index in [2.05, 4.69) is 48.5 Å². The smallest absolute Gasteiger partial charge is 0.462 e. The Bertz CT molecular complexity index is 1920. The fourth-order valence-electron chi connectivity index (χ4n) is 12.3. The molecule has 0 aliphatic heterocycles. The lowest BCUT2D eigenvalue weighted by molar-refractivity contribution is -0.161. The van der Waals surface area contributed by atoms with Crippen LogP contribution in [-0.2, 0) is 65.4 Å². The van der Waals surface area contributed by atoms with E-state index in [1.54, 1.807) is 0 Å². The molecule has 0 saturated carbocycles. The summed E-state index contributed by atoms with van der Waals surface area (Å²) in [5.74, 6) is 0.244. The van der Waals surface area contributed by atoms with Crippen LogP contribution in [0.5, 0.6) is 0 Å². The van der Waals surface area contributed by atoms with Crippen LogP contribution in [-0.4, -0.2) is 96.7 Å². The number of hydrogen-bond donors (Lipinski definition) is 3. The van der Waals surface area contributed by atoms with Gasteiger partial charge in [0.1, 0.15) is 19.3 Å². The van der Waals surface area contributed by atoms with Gasteiger partial charge in [-0.25, -0.2) is 9.13 Å². The fourth-order valence-corrected chi connectivity index (χ4v) is 13.9. The number of carbonyl (C=O) groups excluding carboxylic acids is 4. The van der Waals surface area contributed by atoms with Gasteiger partial charge in [0.2, 0.25) is 0 Å². The molecule has 0 bridgehead atoms. The lowest BCUT2D eigenvalue weighted by Gasteiger charge is -2.21. The first kappa shape index (κ1) is 97.1. The number of phosphoric acid groups is 2.